The summed E-state index contributed by atoms with van der Waals surface area (Å²) in [5.74, 6) is -1.22. The van der Waals surface area contributed by atoms with E-state index in [2.05, 4.69) is 15.3 Å². The van der Waals surface area contributed by atoms with E-state index in [1.165, 1.54) is 36.9 Å². The number of carbonyl (C=O) groups excluding carboxylic acids is 2. The van der Waals surface area contributed by atoms with Gasteiger partial charge < -0.3 is 4.42 Å². The van der Waals surface area contributed by atoms with Gasteiger partial charge in [0.25, 0.3) is 5.91 Å². The molecule has 1 amide bonds. The fourth-order valence-electron chi connectivity index (χ4n) is 2.55. The van der Waals surface area contributed by atoms with Crippen LogP contribution in [-0.2, 0) is 0 Å². The predicted molar refractivity (Wildman–Crippen MR) is 102 cm³/mol. The summed E-state index contributed by atoms with van der Waals surface area (Å²) in [4.78, 5) is 33.7. The van der Waals surface area contributed by atoms with Gasteiger partial charge in [-0.2, -0.15) is 0 Å². The number of hydrogen-bond acceptors (Lipinski definition) is 6. The van der Waals surface area contributed by atoms with Crippen LogP contribution in [0.25, 0.3) is 11.5 Å². The van der Waals surface area contributed by atoms with E-state index in [9.17, 15) is 14.0 Å². The summed E-state index contributed by atoms with van der Waals surface area (Å²) in [7, 11) is 0. The Bertz CT molecular complexity index is 1140. The maximum atomic E-state index is 14.1. The Morgan fingerprint density at radius 1 is 1.04 bits per heavy atom. The van der Waals surface area contributed by atoms with Crippen molar-refractivity contribution in [3.8, 4) is 11.5 Å². The second-order valence-electron chi connectivity index (χ2n) is 5.67. The van der Waals surface area contributed by atoms with Crippen LogP contribution in [0.15, 0.2) is 71.6 Å². The normalized spacial score (nSPS) is 10.6. The lowest BCUT2D eigenvalue weighted by Gasteiger charge is -2.01. The number of pyridine rings is 1. The number of carbonyl (C=O) groups is 2. The van der Waals surface area contributed by atoms with Crippen LogP contribution in [0.5, 0.6) is 0 Å². The van der Waals surface area contributed by atoms with Crippen LogP contribution in [0.2, 0.25) is 0 Å². The van der Waals surface area contributed by atoms with Crippen molar-refractivity contribution in [3.05, 3.63) is 89.0 Å². The molecule has 138 valence electrons. The molecule has 28 heavy (non-hydrogen) atoms. The van der Waals surface area contributed by atoms with Crippen molar-refractivity contribution in [3.63, 3.8) is 0 Å². The number of anilines is 1. The Balaban J connectivity index is 1.73. The van der Waals surface area contributed by atoms with Gasteiger partial charge in [0, 0.05) is 18.0 Å². The number of benzene rings is 1. The van der Waals surface area contributed by atoms with Gasteiger partial charge in [0.05, 0.1) is 11.8 Å². The van der Waals surface area contributed by atoms with Gasteiger partial charge in [-0.3, -0.25) is 19.9 Å². The molecule has 0 aliphatic rings. The van der Waals surface area contributed by atoms with Gasteiger partial charge in [-0.05, 0) is 36.4 Å². The van der Waals surface area contributed by atoms with Crippen LogP contribution < -0.4 is 5.32 Å². The van der Waals surface area contributed by atoms with Gasteiger partial charge in [-0.25, -0.2) is 9.37 Å². The number of rotatable bonds is 5. The molecule has 1 aromatic carbocycles. The first-order valence-electron chi connectivity index (χ1n) is 8.19. The molecule has 0 spiro atoms. The molecular formula is C20H12FN3O3S. The SMILES string of the molecule is O=C(Nc1nc(-c2ccco2)c(C(=O)c2ccccc2F)s1)c1ccncc1. The lowest BCUT2D eigenvalue weighted by molar-refractivity contribution is 0.102. The molecule has 0 bridgehead atoms. The molecule has 4 rings (SSSR count). The third-order valence-electron chi connectivity index (χ3n) is 3.87. The highest BCUT2D eigenvalue weighted by atomic mass is 32.1. The van der Waals surface area contributed by atoms with Crippen molar-refractivity contribution in [2.45, 2.75) is 0 Å². The molecule has 0 radical (unpaired) electrons. The minimum atomic E-state index is -0.631. The number of furan rings is 1. The Kier molecular flexibility index (Phi) is 4.77. The third-order valence-corrected chi connectivity index (χ3v) is 4.84. The summed E-state index contributed by atoms with van der Waals surface area (Å²) >= 11 is 0.957. The number of nitrogens with zero attached hydrogens (tertiary/aromatic N) is 2. The zero-order chi connectivity index (χ0) is 19.5. The Hall–Kier alpha value is -3.65. The van der Waals surface area contributed by atoms with Crippen molar-refractivity contribution in [1.82, 2.24) is 9.97 Å². The molecule has 0 saturated heterocycles. The van der Waals surface area contributed by atoms with E-state index in [1.54, 1.807) is 30.3 Å². The van der Waals surface area contributed by atoms with Gasteiger partial charge in [-0.1, -0.05) is 23.5 Å². The van der Waals surface area contributed by atoms with Crippen molar-refractivity contribution < 1.29 is 18.4 Å². The standard InChI is InChI=1S/C20H12FN3O3S/c21-14-5-2-1-4-13(14)17(25)18-16(15-6-3-11-27-15)23-20(28-18)24-19(26)12-7-9-22-10-8-12/h1-11H,(H,23,24,26). The number of hydrogen-bond donors (Lipinski definition) is 1. The first kappa shape index (κ1) is 17.7. The fourth-order valence-corrected chi connectivity index (χ4v) is 3.47. The lowest BCUT2D eigenvalue weighted by Crippen LogP contribution is -2.11. The van der Waals surface area contributed by atoms with Gasteiger partial charge in [-0.15, -0.1) is 0 Å². The van der Waals surface area contributed by atoms with Crippen molar-refractivity contribution in [1.29, 1.82) is 0 Å². The van der Waals surface area contributed by atoms with E-state index < -0.39 is 17.5 Å². The van der Waals surface area contributed by atoms with E-state index in [0.717, 1.165) is 11.3 Å². The van der Waals surface area contributed by atoms with Crippen LogP contribution in [0.1, 0.15) is 25.6 Å². The van der Waals surface area contributed by atoms with E-state index in [0.29, 0.717) is 11.3 Å². The topological polar surface area (TPSA) is 85.1 Å². The summed E-state index contributed by atoms with van der Waals surface area (Å²) in [6, 6.07) is 12.1. The average molecular weight is 393 g/mol. The number of thiazole rings is 1. The van der Waals surface area contributed by atoms with Gasteiger partial charge in [0.1, 0.15) is 16.4 Å². The van der Waals surface area contributed by atoms with Crippen molar-refractivity contribution >= 4 is 28.2 Å². The van der Waals surface area contributed by atoms with E-state index >= 15 is 0 Å². The maximum Gasteiger partial charge on any atom is 0.257 e. The summed E-state index contributed by atoms with van der Waals surface area (Å²) in [5.41, 5.74) is 0.561. The molecule has 0 aliphatic heterocycles. The summed E-state index contributed by atoms with van der Waals surface area (Å²) < 4.78 is 19.5. The summed E-state index contributed by atoms with van der Waals surface area (Å²) in [5, 5.41) is 2.86. The van der Waals surface area contributed by atoms with Crippen LogP contribution in [0.4, 0.5) is 9.52 Å². The molecule has 0 saturated carbocycles. The molecule has 8 heteroatoms. The zero-order valence-electron chi connectivity index (χ0n) is 14.3. The number of ketones is 1. The molecule has 0 fully saturated rings. The molecule has 0 unspecified atom stereocenters. The predicted octanol–water partition coefficient (Wildman–Crippen LogP) is 4.42. The summed E-state index contributed by atoms with van der Waals surface area (Å²) in [6.45, 7) is 0. The number of halogens is 1. The lowest BCUT2D eigenvalue weighted by atomic mass is 10.1. The van der Waals surface area contributed by atoms with E-state index in [1.807, 2.05) is 0 Å². The Morgan fingerprint density at radius 2 is 1.82 bits per heavy atom. The van der Waals surface area contributed by atoms with E-state index in [4.69, 9.17) is 4.42 Å². The summed E-state index contributed by atoms with van der Waals surface area (Å²) in [6.07, 6.45) is 4.44. The molecule has 4 aromatic rings. The molecule has 3 heterocycles. The smallest absolute Gasteiger partial charge is 0.257 e. The largest absolute Gasteiger partial charge is 0.463 e. The first-order valence-corrected chi connectivity index (χ1v) is 9.00. The van der Waals surface area contributed by atoms with Gasteiger partial charge in [0.15, 0.2) is 10.9 Å². The van der Waals surface area contributed by atoms with Gasteiger partial charge >= 0.3 is 0 Å². The Morgan fingerprint density at radius 3 is 2.54 bits per heavy atom. The third kappa shape index (κ3) is 3.45. The fraction of sp³-hybridized carbons (Fsp3) is 0. The average Bonchev–Trinajstić information content (AvgIpc) is 3.38. The van der Waals surface area contributed by atoms with Crippen molar-refractivity contribution in [2.24, 2.45) is 0 Å². The highest BCUT2D eigenvalue weighted by Crippen LogP contribution is 2.33. The molecule has 6 nitrogen and oxygen atoms in total. The maximum absolute atomic E-state index is 14.1. The number of aromatic nitrogens is 2. The van der Waals surface area contributed by atoms with Crippen LogP contribution in [-0.4, -0.2) is 21.7 Å². The molecule has 1 N–H and O–H groups in total. The van der Waals surface area contributed by atoms with Crippen molar-refractivity contribution in [2.75, 3.05) is 5.32 Å². The number of amides is 1. The molecule has 3 aromatic heterocycles. The second kappa shape index (κ2) is 7.53. The molecular weight excluding hydrogens is 381 g/mol. The highest BCUT2D eigenvalue weighted by Gasteiger charge is 2.25. The first-order chi connectivity index (χ1) is 13.6. The highest BCUT2D eigenvalue weighted by molar-refractivity contribution is 7.18. The van der Waals surface area contributed by atoms with Crippen LogP contribution >= 0.6 is 11.3 Å². The van der Waals surface area contributed by atoms with Crippen LogP contribution in [0.3, 0.4) is 0 Å². The van der Waals surface area contributed by atoms with Crippen LogP contribution in [0, 0.1) is 5.82 Å². The molecule has 0 aliphatic carbocycles. The van der Waals surface area contributed by atoms with E-state index in [-0.39, 0.29) is 21.3 Å². The quantitative estimate of drug-likeness (QED) is 0.507. The Labute approximate surface area is 162 Å². The minimum absolute atomic E-state index is 0.0778. The van der Waals surface area contributed by atoms with Gasteiger partial charge in [0.2, 0.25) is 5.78 Å². The molecule has 0 atom stereocenters. The number of nitrogens with one attached hydrogen (secondary N) is 1. The monoisotopic (exact) mass is 393 g/mol. The zero-order valence-corrected chi connectivity index (χ0v) is 15.1. The minimum Gasteiger partial charge on any atom is -0.463 e. The second-order valence-corrected chi connectivity index (χ2v) is 6.67.